The number of hydrogen-bond acceptors (Lipinski definition) is 7. The van der Waals surface area contributed by atoms with Crippen LogP contribution >= 0.6 is 0 Å². The van der Waals surface area contributed by atoms with E-state index in [0.717, 1.165) is 44.2 Å². The fourth-order valence-corrected chi connectivity index (χ4v) is 4.17. The minimum Gasteiger partial charge on any atom is -0.444 e. The van der Waals surface area contributed by atoms with Gasteiger partial charge in [-0.05, 0) is 74.1 Å². The monoisotopic (exact) mass is 444 g/mol. The summed E-state index contributed by atoms with van der Waals surface area (Å²) in [6.07, 6.45) is 7.59. The third kappa shape index (κ3) is 4.88. The van der Waals surface area contributed by atoms with E-state index in [-0.39, 0.29) is 12.1 Å². The van der Waals surface area contributed by atoms with Crippen LogP contribution in [0.25, 0.3) is 0 Å². The van der Waals surface area contributed by atoms with Crippen molar-refractivity contribution in [2.24, 2.45) is 0 Å². The normalized spacial score (nSPS) is 24.7. The summed E-state index contributed by atoms with van der Waals surface area (Å²) in [5, 5.41) is 0. The number of amides is 1. The SMILES string of the molecule is CC(C)(C)OC(=O)N1CCC[C@@H]1CN(c1ncc(B2OC(C)(C)C(C)(C)O2)cn1)C1CC1. The first-order valence-corrected chi connectivity index (χ1v) is 11.8. The molecule has 1 amide bonds. The van der Waals surface area contributed by atoms with Crippen LogP contribution in [0, 0.1) is 0 Å². The Kier molecular flexibility index (Phi) is 5.95. The molecule has 0 aromatic carbocycles. The Morgan fingerprint density at radius 1 is 1.16 bits per heavy atom. The highest BCUT2D eigenvalue weighted by Crippen LogP contribution is 2.36. The first-order valence-electron chi connectivity index (χ1n) is 11.8. The maximum Gasteiger partial charge on any atom is 0.498 e. The van der Waals surface area contributed by atoms with Crippen LogP contribution in [0.1, 0.15) is 74.1 Å². The van der Waals surface area contributed by atoms with Crippen LogP contribution in [0.3, 0.4) is 0 Å². The quantitative estimate of drug-likeness (QED) is 0.646. The number of carbonyl (C=O) groups is 1. The topological polar surface area (TPSA) is 77.0 Å². The van der Waals surface area contributed by atoms with Crippen LogP contribution < -0.4 is 10.4 Å². The molecule has 0 bridgehead atoms. The molecule has 0 radical (unpaired) electrons. The van der Waals surface area contributed by atoms with E-state index in [1.54, 1.807) is 12.4 Å². The van der Waals surface area contributed by atoms with Crippen molar-refractivity contribution in [3.63, 3.8) is 0 Å². The molecule has 0 N–H and O–H groups in total. The molecule has 0 spiro atoms. The van der Waals surface area contributed by atoms with Crippen LogP contribution in [0.2, 0.25) is 0 Å². The zero-order chi connectivity index (χ0) is 23.3. The Balaban J connectivity index is 1.45. The summed E-state index contributed by atoms with van der Waals surface area (Å²) in [5.74, 6) is 0.698. The molecule has 3 heterocycles. The second-order valence-electron chi connectivity index (χ2n) is 11.3. The molecule has 8 nitrogen and oxygen atoms in total. The van der Waals surface area contributed by atoms with Gasteiger partial charge in [-0.15, -0.1) is 0 Å². The van der Waals surface area contributed by atoms with E-state index >= 15 is 0 Å². The predicted molar refractivity (Wildman–Crippen MR) is 124 cm³/mol. The molecule has 3 aliphatic rings. The smallest absolute Gasteiger partial charge is 0.444 e. The number of ether oxygens (including phenoxy) is 1. The molecule has 2 aliphatic heterocycles. The lowest BCUT2D eigenvalue weighted by molar-refractivity contribution is 0.00578. The lowest BCUT2D eigenvalue weighted by Crippen LogP contribution is -2.46. The van der Waals surface area contributed by atoms with Crippen molar-refractivity contribution in [1.82, 2.24) is 14.9 Å². The van der Waals surface area contributed by atoms with Gasteiger partial charge in [0.2, 0.25) is 5.95 Å². The minimum atomic E-state index is -0.493. The molecular weight excluding hydrogens is 407 g/mol. The second kappa shape index (κ2) is 8.17. The van der Waals surface area contributed by atoms with Gasteiger partial charge in [-0.25, -0.2) is 14.8 Å². The Morgan fingerprint density at radius 2 is 1.75 bits per heavy atom. The Bertz CT molecular complexity index is 819. The Labute approximate surface area is 192 Å². The van der Waals surface area contributed by atoms with E-state index in [2.05, 4.69) is 14.9 Å². The van der Waals surface area contributed by atoms with Crippen molar-refractivity contribution in [1.29, 1.82) is 0 Å². The predicted octanol–water partition coefficient (Wildman–Crippen LogP) is 3.14. The maximum atomic E-state index is 12.7. The highest BCUT2D eigenvalue weighted by Gasteiger charge is 2.52. The van der Waals surface area contributed by atoms with E-state index in [9.17, 15) is 4.79 Å². The summed E-state index contributed by atoms with van der Waals surface area (Å²) in [5.41, 5.74) is -0.472. The van der Waals surface area contributed by atoms with Crippen molar-refractivity contribution in [2.45, 2.75) is 103 Å². The largest absolute Gasteiger partial charge is 0.498 e. The molecule has 176 valence electrons. The maximum absolute atomic E-state index is 12.7. The second-order valence-corrected chi connectivity index (χ2v) is 11.3. The third-order valence-electron chi connectivity index (χ3n) is 6.84. The standard InChI is InChI=1S/C23H37BN4O4/c1-21(2,3)30-20(29)27-12-8-9-18(27)15-28(17-10-11-17)19-25-13-16(14-26-19)24-31-22(4,5)23(6,7)32-24/h13-14,17-18H,8-12,15H2,1-7H3/t18-/m1/s1. The van der Waals surface area contributed by atoms with Crippen LogP contribution in [0.5, 0.6) is 0 Å². The molecule has 1 aromatic rings. The van der Waals surface area contributed by atoms with Gasteiger partial charge in [0.15, 0.2) is 0 Å². The zero-order valence-electron chi connectivity index (χ0n) is 20.6. The number of likely N-dealkylation sites (tertiary alicyclic amines) is 1. The highest BCUT2D eigenvalue weighted by atomic mass is 16.7. The summed E-state index contributed by atoms with van der Waals surface area (Å²) in [7, 11) is -0.471. The molecule has 1 aliphatic carbocycles. The number of nitrogens with zero attached hydrogens (tertiary/aromatic N) is 4. The molecule has 9 heteroatoms. The van der Waals surface area contributed by atoms with E-state index < -0.39 is 23.9 Å². The van der Waals surface area contributed by atoms with E-state index in [1.165, 1.54) is 0 Å². The van der Waals surface area contributed by atoms with E-state index in [4.69, 9.17) is 14.0 Å². The number of anilines is 1. The van der Waals surface area contributed by atoms with Gasteiger partial charge in [0, 0.05) is 37.0 Å². The highest BCUT2D eigenvalue weighted by molar-refractivity contribution is 6.61. The summed E-state index contributed by atoms with van der Waals surface area (Å²) in [4.78, 5) is 26.2. The molecule has 0 unspecified atom stereocenters. The van der Waals surface area contributed by atoms with Crippen molar-refractivity contribution < 1.29 is 18.8 Å². The first kappa shape index (κ1) is 23.3. The average Bonchev–Trinajstić information content (AvgIpc) is 3.35. The fraction of sp³-hybridized carbons (Fsp3) is 0.783. The van der Waals surface area contributed by atoms with Crippen LogP contribution in [-0.4, -0.2) is 70.1 Å². The number of hydrogen-bond donors (Lipinski definition) is 0. The summed E-state index contributed by atoms with van der Waals surface area (Å²) < 4.78 is 17.9. The molecular formula is C23H37BN4O4. The third-order valence-corrected chi connectivity index (χ3v) is 6.84. The van der Waals surface area contributed by atoms with E-state index in [1.807, 2.05) is 53.4 Å². The van der Waals surface area contributed by atoms with Crippen molar-refractivity contribution in [3.05, 3.63) is 12.4 Å². The van der Waals surface area contributed by atoms with Gasteiger partial charge in [-0.2, -0.15) is 0 Å². The Hall–Kier alpha value is -1.87. The van der Waals surface area contributed by atoms with Crippen molar-refractivity contribution in [3.8, 4) is 0 Å². The molecule has 1 saturated carbocycles. The molecule has 1 aromatic heterocycles. The summed E-state index contributed by atoms with van der Waals surface area (Å²) in [6, 6.07) is 0.538. The molecule has 4 rings (SSSR count). The fourth-order valence-electron chi connectivity index (χ4n) is 4.17. The van der Waals surface area contributed by atoms with Gasteiger partial charge in [-0.1, -0.05) is 0 Å². The summed E-state index contributed by atoms with van der Waals surface area (Å²) in [6.45, 7) is 15.3. The molecule has 3 fully saturated rings. The van der Waals surface area contributed by atoms with Crippen LogP contribution in [-0.2, 0) is 14.0 Å². The Morgan fingerprint density at radius 3 is 2.28 bits per heavy atom. The molecule has 32 heavy (non-hydrogen) atoms. The van der Waals surface area contributed by atoms with Gasteiger partial charge in [0.25, 0.3) is 0 Å². The summed E-state index contributed by atoms with van der Waals surface area (Å²) >= 11 is 0. The van der Waals surface area contributed by atoms with Gasteiger partial charge < -0.3 is 23.8 Å². The molecule has 2 saturated heterocycles. The lowest BCUT2D eigenvalue weighted by Gasteiger charge is -2.32. The number of rotatable bonds is 5. The minimum absolute atomic E-state index is 0.108. The van der Waals surface area contributed by atoms with E-state index in [0.29, 0.717) is 12.0 Å². The van der Waals surface area contributed by atoms with Gasteiger partial charge in [-0.3, -0.25) is 0 Å². The zero-order valence-corrected chi connectivity index (χ0v) is 20.6. The first-order chi connectivity index (χ1) is 14.9. The van der Waals surface area contributed by atoms with Gasteiger partial charge in [0.05, 0.1) is 17.2 Å². The van der Waals surface area contributed by atoms with Gasteiger partial charge in [0.1, 0.15) is 5.60 Å². The van der Waals surface area contributed by atoms with Crippen molar-refractivity contribution in [2.75, 3.05) is 18.0 Å². The van der Waals surface area contributed by atoms with Crippen LogP contribution in [0.15, 0.2) is 12.4 Å². The number of aromatic nitrogens is 2. The van der Waals surface area contributed by atoms with Crippen molar-refractivity contribution >= 4 is 24.6 Å². The average molecular weight is 444 g/mol. The van der Waals surface area contributed by atoms with Crippen LogP contribution in [0.4, 0.5) is 10.7 Å². The number of carbonyl (C=O) groups excluding carboxylic acids is 1. The van der Waals surface area contributed by atoms with Gasteiger partial charge >= 0.3 is 13.2 Å². The molecule has 1 atom stereocenters. The lowest BCUT2D eigenvalue weighted by atomic mass is 9.81.